The number of esters is 1. The number of rotatable bonds is 8. The van der Waals surface area contributed by atoms with Crippen LogP contribution in [0.15, 0.2) is 72.9 Å². The van der Waals surface area contributed by atoms with Crippen molar-refractivity contribution < 1.29 is 19.4 Å². The van der Waals surface area contributed by atoms with Crippen molar-refractivity contribution >= 4 is 5.97 Å². The highest BCUT2D eigenvalue weighted by Crippen LogP contribution is 2.35. The molecule has 1 aromatic heterocycles. The SMILES string of the molecule is CCOC(=O)C(C)(C)C(O)C(Oc1ccc(-c2ccccc2)cc1)c1ccc[nH]1. The Balaban J connectivity index is 1.84. The Morgan fingerprint density at radius 1 is 1.00 bits per heavy atom. The number of carbonyl (C=O) groups is 1. The molecule has 2 N–H and O–H groups in total. The number of hydrogen-bond donors (Lipinski definition) is 2. The maximum atomic E-state index is 12.4. The third-order valence-corrected chi connectivity index (χ3v) is 4.98. The molecule has 5 nitrogen and oxygen atoms in total. The van der Waals surface area contributed by atoms with E-state index in [4.69, 9.17) is 9.47 Å². The monoisotopic (exact) mass is 393 g/mol. The Bertz CT molecular complexity index is 902. The molecule has 0 amide bonds. The molecule has 0 fully saturated rings. The van der Waals surface area contributed by atoms with Gasteiger partial charge in [0.2, 0.25) is 0 Å². The summed E-state index contributed by atoms with van der Waals surface area (Å²) in [6.07, 6.45) is -0.116. The highest BCUT2D eigenvalue weighted by molar-refractivity contribution is 5.76. The van der Waals surface area contributed by atoms with Crippen molar-refractivity contribution in [1.82, 2.24) is 4.98 Å². The number of hydrogen-bond acceptors (Lipinski definition) is 4. The summed E-state index contributed by atoms with van der Waals surface area (Å²) < 4.78 is 11.3. The third-order valence-electron chi connectivity index (χ3n) is 4.98. The van der Waals surface area contributed by atoms with Gasteiger partial charge in [0, 0.05) is 6.20 Å². The lowest BCUT2D eigenvalue weighted by molar-refractivity contribution is -0.164. The van der Waals surface area contributed by atoms with Crippen molar-refractivity contribution in [2.45, 2.75) is 33.0 Å². The summed E-state index contributed by atoms with van der Waals surface area (Å²) in [5, 5.41) is 11.1. The summed E-state index contributed by atoms with van der Waals surface area (Å²) in [4.78, 5) is 15.5. The highest BCUT2D eigenvalue weighted by Gasteiger charge is 2.43. The van der Waals surface area contributed by atoms with Crippen LogP contribution in [-0.2, 0) is 9.53 Å². The van der Waals surface area contributed by atoms with E-state index in [-0.39, 0.29) is 6.61 Å². The zero-order valence-electron chi connectivity index (χ0n) is 17.0. The van der Waals surface area contributed by atoms with Crippen LogP contribution in [0.1, 0.15) is 32.6 Å². The van der Waals surface area contributed by atoms with Crippen LogP contribution in [0, 0.1) is 5.41 Å². The molecule has 0 radical (unpaired) electrons. The lowest BCUT2D eigenvalue weighted by atomic mass is 9.82. The van der Waals surface area contributed by atoms with Gasteiger partial charge in [-0.1, -0.05) is 42.5 Å². The van der Waals surface area contributed by atoms with Crippen LogP contribution in [0.3, 0.4) is 0 Å². The fraction of sp³-hybridized carbons (Fsp3) is 0.292. The highest BCUT2D eigenvalue weighted by atomic mass is 16.5. The molecule has 0 saturated carbocycles. The fourth-order valence-electron chi connectivity index (χ4n) is 3.14. The van der Waals surface area contributed by atoms with E-state index in [2.05, 4.69) is 4.98 Å². The minimum absolute atomic E-state index is 0.254. The van der Waals surface area contributed by atoms with Gasteiger partial charge >= 0.3 is 5.97 Å². The van der Waals surface area contributed by atoms with Gasteiger partial charge in [-0.2, -0.15) is 0 Å². The summed E-state index contributed by atoms with van der Waals surface area (Å²) in [5.74, 6) is 0.134. The molecule has 0 aliphatic rings. The molecule has 1 heterocycles. The first kappa shape index (κ1) is 20.7. The Kier molecular flexibility index (Phi) is 6.39. The van der Waals surface area contributed by atoms with Crippen LogP contribution in [0.25, 0.3) is 11.1 Å². The van der Waals surface area contributed by atoms with Gasteiger partial charge in [0.15, 0.2) is 6.10 Å². The van der Waals surface area contributed by atoms with E-state index in [0.29, 0.717) is 11.4 Å². The molecule has 3 rings (SSSR count). The zero-order chi connectivity index (χ0) is 20.9. The van der Waals surface area contributed by atoms with Gasteiger partial charge in [-0.15, -0.1) is 0 Å². The number of aromatic amines is 1. The second kappa shape index (κ2) is 8.97. The number of aliphatic hydroxyl groups is 1. The van der Waals surface area contributed by atoms with Crippen LogP contribution in [0.5, 0.6) is 5.75 Å². The molecule has 0 saturated heterocycles. The molecule has 2 aromatic carbocycles. The van der Waals surface area contributed by atoms with Crippen molar-refractivity contribution in [1.29, 1.82) is 0 Å². The molecule has 0 spiro atoms. The van der Waals surface area contributed by atoms with Gasteiger partial charge in [-0.25, -0.2) is 0 Å². The van der Waals surface area contributed by atoms with Crippen LogP contribution < -0.4 is 4.74 Å². The number of ether oxygens (including phenoxy) is 2. The van der Waals surface area contributed by atoms with Gasteiger partial charge < -0.3 is 19.6 Å². The third kappa shape index (κ3) is 4.69. The molecule has 0 aliphatic heterocycles. The average Bonchev–Trinajstić information content (AvgIpc) is 3.27. The number of nitrogens with one attached hydrogen (secondary N) is 1. The first-order valence-electron chi connectivity index (χ1n) is 9.74. The van der Waals surface area contributed by atoms with Crippen LogP contribution in [0.2, 0.25) is 0 Å². The molecule has 2 unspecified atom stereocenters. The predicted octanol–water partition coefficient (Wildman–Crippen LogP) is 4.75. The van der Waals surface area contributed by atoms with E-state index >= 15 is 0 Å². The summed E-state index contributed by atoms with van der Waals surface area (Å²) in [7, 11) is 0. The maximum Gasteiger partial charge on any atom is 0.314 e. The maximum absolute atomic E-state index is 12.4. The van der Waals surface area contributed by atoms with E-state index in [1.165, 1.54) is 0 Å². The zero-order valence-corrected chi connectivity index (χ0v) is 17.0. The van der Waals surface area contributed by atoms with E-state index in [9.17, 15) is 9.90 Å². The number of H-pyrrole nitrogens is 1. The van der Waals surface area contributed by atoms with E-state index in [1.54, 1.807) is 27.0 Å². The van der Waals surface area contributed by atoms with Crippen molar-refractivity contribution in [3.63, 3.8) is 0 Å². The van der Waals surface area contributed by atoms with Crippen molar-refractivity contribution in [2.75, 3.05) is 6.61 Å². The minimum atomic E-state index is -1.14. The molecule has 0 aliphatic carbocycles. The first-order chi connectivity index (χ1) is 13.9. The molecule has 5 heteroatoms. The van der Waals surface area contributed by atoms with E-state index in [0.717, 1.165) is 11.1 Å². The Labute approximate surface area is 171 Å². The van der Waals surface area contributed by atoms with Crippen molar-refractivity contribution in [3.8, 4) is 16.9 Å². The lowest BCUT2D eigenvalue weighted by Crippen LogP contribution is -2.44. The van der Waals surface area contributed by atoms with Crippen molar-refractivity contribution in [3.05, 3.63) is 78.6 Å². The molecule has 0 bridgehead atoms. The summed E-state index contributed by atoms with van der Waals surface area (Å²) in [5.41, 5.74) is 1.72. The average molecular weight is 393 g/mol. The first-order valence-corrected chi connectivity index (χ1v) is 9.74. The van der Waals surface area contributed by atoms with Gasteiger partial charge in [0.1, 0.15) is 11.9 Å². The molecule has 152 valence electrons. The summed E-state index contributed by atoms with van der Waals surface area (Å²) in [6, 6.07) is 21.4. The van der Waals surface area contributed by atoms with E-state index in [1.807, 2.05) is 66.7 Å². The number of aromatic nitrogens is 1. The number of aliphatic hydroxyl groups excluding tert-OH is 1. The number of carbonyl (C=O) groups excluding carboxylic acids is 1. The molecular formula is C24H27NO4. The second-order valence-corrected chi connectivity index (χ2v) is 7.44. The van der Waals surface area contributed by atoms with Crippen LogP contribution in [-0.4, -0.2) is 28.8 Å². The number of benzene rings is 2. The fourth-order valence-corrected chi connectivity index (χ4v) is 3.14. The van der Waals surface area contributed by atoms with Gasteiger partial charge in [0.05, 0.1) is 17.7 Å². The van der Waals surface area contributed by atoms with Crippen LogP contribution in [0.4, 0.5) is 0 Å². The Hall–Kier alpha value is -3.05. The standard InChI is InChI=1S/C24H27NO4/c1-4-28-23(27)24(2,3)22(26)21(20-11-8-16-25-20)29-19-14-12-18(13-15-19)17-9-6-5-7-10-17/h5-16,21-22,25-26H,4H2,1-3H3. The van der Waals surface area contributed by atoms with Crippen molar-refractivity contribution in [2.24, 2.45) is 5.41 Å². The lowest BCUT2D eigenvalue weighted by Gasteiger charge is -2.33. The molecular weight excluding hydrogens is 366 g/mol. The predicted molar refractivity (Wildman–Crippen MR) is 112 cm³/mol. The Morgan fingerprint density at radius 3 is 2.24 bits per heavy atom. The van der Waals surface area contributed by atoms with Gasteiger partial charge in [-0.05, 0) is 56.2 Å². The van der Waals surface area contributed by atoms with Crippen LogP contribution >= 0.6 is 0 Å². The second-order valence-electron chi connectivity index (χ2n) is 7.44. The smallest absolute Gasteiger partial charge is 0.314 e. The molecule has 3 aromatic rings. The summed E-state index contributed by atoms with van der Waals surface area (Å²) >= 11 is 0. The minimum Gasteiger partial charge on any atom is -0.481 e. The normalized spacial score (nSPS) is 13.5. The van der Waals surface area contributed by atoms with E-state index < -0.39 is 23.6 Å². The molecule has 2 atom stereocenters. The topological polar surface area (TPSA) is 71.6 Å². The quantitative estimate of drug-likeness (QED) is 0.542. The molecule has 29 heavy (non-hydrogen) atoms. The summed E-state index contributed by atoms with van der Waals surface area (Å²) in [6.45, 7) is 5.32. The Morgan fingerprint density at radius 2 is 1.66 bits per heavy atom. The van der Waals surface area contributed by atoms with Gasteiger partial charge in [-0.3, -0.25) is 4.79 Å². The van der Waals surface area contributed by atoms with Gasteiger partial charge in [0.25, 0.3) is 0 Å². The largest absolute Gasteiger partial charge is 0.481 e.